The normalized spacial score (nSPS) is 12.4. The molecule has 204 valence electrons. The van der Waals surface area contributed by atoms with Crippen LogP contribution >= 0.6 is 0 Å². The van der Waals surface area contributed by atoms with Crippen molar-refractivity contribution < 1.29 is 22.7 Å². The maximum absolute atomic E-state index is 13.8. The Labute approximate surface area is 221 Å². The van der Waals surface area contributed by atoms with E-state index in [1.54, 1.807) is 45.2 Å². The van der Waals surface area contributed by atoms with E-state index >= 15 is 0 Å². The molecule has 0 radical (unpaired) electrons. The van der Waals surface area contributed by atoms with Gasteiger partial charge in [0.25, 0.3) is 0 Å². The van der Waals surface area contributed by atoms with Gasteiger partial charge in [-0.3, -0.25) is 9.59 Å². The number of ether oxygens (including phenoxy) is 1. The Hall–Kier alpha value is -3.11. The van der Waals surface area contributed by atoms with E-state index in [9.17, 15) is 18.0 Å². The summed E-state index contributed by atoms with van der Waals surface area (Å²) in [6.45, 7) is 9.39. The van der Waals surface area contributed by atoms with Crippen molar-refractivity contribution in [1.29, 1.82) is 0 Å². The highest BCUT2D eigenvalue weighted by Crippen LogP contribution is 2.26. The van der Waals surface area contributed by atoms with Gasteiger partial charge in [0, 0.05) is 27.2 Å². The van der Waals surface area contributed by atoms with Crippen LogP contribution in [0.4, 0.5) is 5.69 Å². The maximum atomic E-state index is 13.8. The molecule has 0 aromatic heterocycles. The average Bonchev–Trinajstić information content (AvgIpc) is 2.85. The smallest absolute Gasteiger partial charge is 0.304 e. The van der Waals surface area contributed by atoms with Crippen LogP contribution in [-0.2, 0) is 26.3 Å². The second kappa shape index (κ2) is 12.9. The fourth-order valence-corrected chi connectivity index (χ4v) is 4.81. The molecule has 0 bridgehead atoms. The lowest BCUT2D eigenvalue weighted by Crippen LogP contribution is -2.52. The van der Waals surface area contributed by atoms with Crippen LogP contribution in [0.3, 0.4) is 0 Å². The number of nitrogens with one attached hydrogen (secondary N) is 1. The number of benzene rings is 2. The molecule has 1 N–H and O–H groups in total. The number of hydrogen-bond donors (Lipinski definition) is 1. The Morgan fingerprint density at radius 1 is 1.03 bits per heavy atom. The Morgan fingerprint density at radius 3 is 2.30 bits per heavy atom. The summed E-state index contributed by atoms with van der Waals surface area (Å²) in [4.78, 5) is 28.2. The van der Waals surface area contributed by atoms with Gasteiger partial charge in [0.1, 0.15) is 18.3 Å². The number of nitrogens with zero attached hydrogens (tertiary/aromatic N) is 3. The molecular weight excluding hydrogens is 492 g/mol. The topological polar surface area (TPSA) is 99.3 Å². The van der Waals surface area contributed by atoms with Crippen molar-refractivity contribution in [3.63, 3.8) is 0 Å². The van der Waals surface area contributed by atoms with Crippen molar-refractivity contribution in [2.45, 2.75) is 47.2 Å². The van der Waals surface area contributed by atoms with Crippen LogP contribution in [0.1, 0.15) is 37.5 Å². The minimum Gasteiger partial charge on any atom is -0.497 e. The highest BCUT2D eigenvalue weighted by Gasteiger charge is 2.33. The van der Waals surface area contributed by atoms with Crippen LogP contribution in [-0.4, -0.2) is 69.8 Å². The third-order valence-electron chi connectivity index (χ3n) is 5.99. The molecule has 0 spiro atoms. The predicted molar refractivity (Wildman–Crippen MR) is 147 cm³/mol. The van der Waals surface area contributed by atoms with Gasteiger partial charge in [-0.2, -0.15) is 12.7 Å². The number of carbonyl (C=O) groups is 2. The van der Waals surface area contributed by atoms with Crippen LogP contribution in [0.15, 0.2) is 42.5 Å². The van der Waals surface area contributed by atoms with E-state index in [1.807, 2.05) is 39.0 Å². The summed E-state index contributed by atoms with van der Waals surface area (Å²) in [5.74, 6) is 0.0535. The Bertz CT molecular complexity index is 1200. The summed E-state index contributed by atoms with van der Waals surface area (Å²) in [6.07, 6.45) is 0. The van der Waals surface area contributed by atoms with Crippen molar-refractivity contribution >= 4 is 27.7 Å². The molecule has 2 aromatic rings. The van der Waals surface area contributed by atoms with Crippen LogP contribution in [0, 0.1) is 19.8 Å². The highest BCUT2D eigenvalue weighted by atomic mass is 32.2. The fraction of sp³-hybridized carbons (Fsp3) is 0.481. The minimum atomic E-state index is -4.01. The van der Waals surface area contributed by atoms with Gasteiger partial charge in [0.05, 0.1) is 12.8 Å². The number of anilines is 1. The summed E-state index contributed by atoms with van der Waals surface area (Å²) in [5, 5.41) is 2.88. The first-order valence-corrected chi connectivity index (χ1v) is 13.6. The molecule has 0 saturated carbocycles. The molecule has 0 aliphatic carbocycles. The van der Waals surface area contributed by atoms with E-state index in [4.69, 9.17) is 4.74 Å². The lowest BCUT2D eigenvalue weighted by Gasteiger charge is -2.33. The van der Waals surface area contributed by atoms with Crippen molar-refractivity contribution in [2.75, 3.05) is 38.6 Å². The van der Waals surface area contributed by atoms with Crippen LogP contribution in [0.5, 0.6) is 5.75 Å². The van der Waals surface area contributed by atoms with Gasteiger partial charge >= 0.3 is 10.2 Å². The Balaban J connectivity index is 2.50. The van der Waals surface area contributed by atoms with Gasteiger partial charge in [0.15, 0.2) is 0 Å². The summed E-state index contributed by atoms with van der Waals surface area (Å²) in [6, 6.07) is 11.8. The van der Waals surface area contributed by atoms with Gasteiger partial charge in [0.2, 0.25) is 11.8 Å². The number of rotatable bonds is 12. The summed E-state index contributed by atoms with van der Waals surface area (Å²) in [7, 11) is 0.391. The molecule has 2 aromatic carbocycles. The monoisotopic (exact) mass is 532 g/mol. The molecular formula is C27H40N4O5S. The fourth-order valence-electron chi connectivity index (χ4n) is 3.69. The van der Waals surface area contributed by atoms with Gasteiger partial charge in [-0.05, 0) is 61.6 Å². The molecule has 2 rings (SSSR count). The molecule has 0 heterocycles. The zero-order valence-electron chi connectivity index (χ0n) is 23.1. The van der Waals surface area contributed by atoms with Gasteiger partial charge in [-0.25, -0.2) is 4.31 Å². The maximum Gasteiger partial charge on any atom is 0.304 e. The molecule has 0 saturated heterocycles. The molecule has 2 amide bonds. The molecule has 9 nitrogen and oxygen atoms in total. The molecule has 1 unspecified atom stereocenters. The van der Waals surface area contributed by atoms with Gasteiger partial charge in [-0.1, -0.05) is 38.1 Å². The van der Waals surface area contributed by atoms with E-state index in [2.05, 4.69) is 5.32 Å². The van der Waals surface area contributed by atoms with Crippen molar-refractivity contribution in [2.24, 2.45) is 5.92 Å². The SMILES string of the molecule is COc1cccc(CN(C(=O)CN(c2cc(C)ccc2C)S(=O)(=O)N(C)C)C(C)C(=O)NCC(C)C)c1. The van der Waals surface area contributed by atoms with E-state index < -0.39 is 28.7 Å². The number of methoxy groups -OCH3 is 1. The van der Waals surface area contributed by atoms with Crippen LogP contribution in [0.25, 0.3) is 0 Å². The number of amides is 2. The second-order valence-electron chi connectivity index (χ2n) is 9.77. The number of carbonyl (C=O) groups excluding carboxylic acids is 2. The van der Waals surface area contributed by atoms with Crippen LogP contribution in [0.2, 0.25) is 0 Å². The lowest BCUT2D eigenvalue weighted by molar-refractivity contribution is -0.139. The third-order valence-corrected chi connectivity index (χ3v) is 7.80. The number of hydrogen-bond acceptors (Lipinski definition) is 5. The second-order valence-corrected chi connectivity index (χ2v) is 11.8. The van der Waals surface area contributed by atoms with E-state index in [0.29, 0.717) is 23.5 Å². The highest BCUT2D eigenvalue weighted by molar-refractivity contribution is 7.90. The average molecular weight is 533 g/mol. The first-order chi connectivity index (χ1) is 17.3. The molecule has 1 atom stereocenters. The zero-order valence-corrected chi connectivity index (χ0v) is 23.9. The lowest BCUT2D eigenvalue weighted by atomic mass is 10.1. The Kier molecular flexibility index (Phi) is 10.5. The van der Waals surface area contributed by atoms with Crippen molar-refractivity contribution in [1.82, 2.24) is 14.5 Å². The number of aryl methyl sites for hydroxylation is 2. The molecule has 10 heteroatoms. The first kappa shape index (κ1) is 30.1. The third kappa shape index (κ3) is 7.93. The van der Waals surface area contributed by atoms with E-state index in [0.717, 1.165) is 19.7 Å². The molecule has 0 aliphatic rings. The van der Waals surface area contributed by atoms with E-state index in [-0.39, 0.29) is 18.4 Å². The first-order valence-electron chi connectivity index (χ1n) is 12.3. The quantitative estimate of drug-likeness (QED) is 0.453. The molecule has 37 heavy (non-hydrogen) atoms. The summed E-state index contributed by atoms with van der Waals surface area (Å²) in [5.41, 5.74) is 2.75. The summed E-state index contributed by atoms with van der Waals surface area (Å²) < 4.78 is 34.2. The van der Waals surface area contributed by atoms with Crippen molar-refractivity contribution in [3.05, 3.63) is 59.2 Å². The zero-order chi connectivity index (χ0) is 27.9. The Morgan fingerprint density at radius 2 is 1.70 bits per heavy atom. The summed E-state index contributed by atoms with van der Waals surface area (Å²) >= 11 is 0. The van der Waals surface area contributed by atoms with Gasteiger partial charge in [-0.15, -0.1) is 0 Å². The standard InChI is InChI=1S/C27H40N4O5S/c1-19(2)16-28-27(33)22(5)30(17-23-10-9-11-24(15-23)36-8)26(32)18-31(37(34,35)29(6)7)25-14-20(3)12-13-21(25)4/h9-15,19,22H,16-18H2,1-8H3,(H,28,33). The molecule has 0 aliphatic heterocycles. The largest absolute Gasteiger partial charge is 0.497 e. The van der Waals surface area contributed by atoms with Crippen LogP contribution < -0.4 is 14.4 Å². The van der Waals surface area contributed by atoms with Crippen molar-refractivity contribution in [3.8, 4) is 5.75 Å². The van der Waals surface area contributed by atoms with E-state index in [1.165, 1.54) is 19.0 Å². The minimum absolute atomic E-state index is 0.106. The van der Waals surface area contributed by atoms with Gasteiger partial charge < -0.3 is 15.0 Å². The predicted octanol–water partition coefficient (Wildman–Crippen LogP) is 3.11. The molecule has 0 fully saturated rings.